The summed E-state index contributed by atoms with van der Waals surface area (Å²) < 4.78 is 5.82. The van der Waals surface area contributed by atoms with E-state index < -0.39 is 0 Å². The van der Waals surface area contributed by atoms with Crippen molar-refractivity contribution in [1.29, 1.82) is 0 Å². The van der Waals surface area contributed by atoms with E-state index in [1.165, 1.54) is 11.8 Å². The zero-order chi connectivity index (χ0) is 22.1. The molecule has 2 aromatic carbocycles. The molecule has 1 amide bonds. The van der Waals surface area contributed by atoms with E-state index in [2.05, 4.69) is 23.2 Å². The predicted octanol–water partition coefficient (Wildman–Crippen LogP) is 5.53. The van der Waals surface area contributed by atoms with Crippen LogP contribution in [0.15, 0.2) is 64.0 Å². The Morgan fingerprint density at radius 2 is 1.94 bits per heavy atom. The molecule has 6 nitrogen and oxygen atoms in total. The van der Waals surface area contributed by atoms with E-state index in [1.807, 2.05) is 47.4 Å². The summed E-state index contributed by atoms with van der Waals surface area (Å²) in [5.41, 5.74) is 2.78. The van der Waals surface area contributed by atoms with Gasteiger partial charge in [0.15, 0.2) is 0 Å². The Morgan fingerprint density at radius 3 is 2.75 bits per heavy atom. The molecule has 4 aromatic rings. The number of carbonyl (C=O) groups is 1. The van der Waals surface area contributed by atoms with Gasteiger partial charge in [0.25, 0.3) is 0 Å². The average Bonchev–Trinajstić information content (AvgIpc) is 3.54. The molecule has 0 spiro atoms. The summed E-state index contributed by atoms with van der Waals surface area (Å²) in [6.45, 7) is 2.37. The molecule has 2 heterocycles. The van der Waals surface area contributed by atoms with E-state index in [0.29, 0.717) is 34.7 Å². The maximum atomic E-state index is 13.0. The highest BCUT2D eigenvalue weighted by Crippen LogP contribution is 2.31. The Balaban J connectivity index is 1.28. The minimum atomic E-state index is 0.0441. The van der Waals surface area contributed by atoms with Gasteiger partial charge in [-0.2, -0.15) is 0 Å². The molecule has 1 fully saturated rings. The smallest absolute Gasteiger partial charge is 0.249 e. The van der Waals surface area contributed by atoms with Crippen molar-refractivity contribution < 1.29 is 9.21 Å². The van der Waals surface area contributed by atoms with Crippen LogP contribution in [0, 0.1) is 6.92 Å². The second kappa shape index (κ2) is 8.92. The van der Waals surface area contributed by atoms with Crippen LogP contribution in [0.25, 0.3) is 22.4 Å². The van der Waals surface area contributed by atoms with Gasteiger partial charge in [0.2, 0.25) is 17.7 Å². The van der Waals surface area contributed by atoms with Crippen molar-refractivity contribution in [2.24, 2.45) is 0 Å². The number of hydrogen-bond acceptors (Lipinski definition) is 6. The summed E-state index contributed by atoms with van der Waals surface area (Å²) in [4.78, 5) is 19.6. The van der Waals surface area contributed by atoms with Crippen LogP contribution < -0.4 is 0 Å². The number of pyridine rings is 1. The van der Waals surface area contributed by atoms with Gasteiger partial charge in [0.1, 0.15) is 0 Å². The second-order valence-corrected chi connectivity index (χ2v) is 9.22. The van der Waals surface area contributed by atoms with E-state index in [9.17, 15) is 4.79 Å². The highest BCUT2D eigenvalue weighted by molar-refractivity contribution is 7.99. The molecule has 1 saturated carbocycles. The Labute approximate surface area is 195 Å². The SMILES string of the molecule is Cc1cc(SCC(=O)N(Cc2nnc(-c3ccccc3Cl)o2)C2CC2)nc2ccccc12. The lowest BCUT2D eigenvalue weighted by Gasteiger charge is -2.20. The van der Waals surface area contributed by atoms with Crippen LogP contribution in [0.2, 0.25) is 5.02 Å². The first-order valence-electron chi connectivity index (χ1n) is 10.4. The number of rotatable bonds is 7. The molecule has 0 unspecified atom stereocenters. The van der Waals surface area contributed by atoms with Crippen molar-refractivity contribution in [2.45, 2.75) is 37.4 Å². The molecule has 162 valence electrons. The molecule has 0 N–H and O–H groups in total. The van der Waals surface area contributed by atoms with Crippen molar-refractivity contribution in [3.05, 3.63) is 71.1 Å². The molecule has 0 saturated heterocycles. The summed E-state index contributed by atoms with van der Waals surface area (Å²) in [5.74, 6) is 1.12. The summed E-state index contributed by atoms with van der Waals surface area (Å²) in [5, 5.41) is 10.8. The van der Waals surface area contributed by atoms with Crippen molar-refractivity contribution in [3.63, 3.8) is 0 Å². The number of carbonyl (C=O) groups excluding carboxylic acids is 1. The second-order valence-electron chi connectivity index (χ2n) is 7.82. The molecular weight excluding hydrogens is 444 g/mol. The standard InChI is InChI=1S/C24H21ClN4O2S/c1-15-12-22(26-20-9-5-3-6-17(15)20)32-14-23(30)29(16-10-11-16)13-21-27-28-24(31-21)18-7-2-4-8-19(18)25/h2-9,12,16H,10-11,13-14H2,1H3. The average molecular weight is 465 g/mol. The van der Waals surface area contributed by atoms with Crippen LogP contribution in [0.3, 0.4) is 0 Å². The number of amides is 1. The normalized spacial score (nSPS) is 13.4. The van der Waals surface area contributed by atoms with Crippen molar-refractivity contribution in [1.82, 2.24) is 20.1 Å². The Bertz CT molecular complexity index is 1290. The zero-order valence-electron chi connectivity index (χ0n) is 17.5. The van der Waals surface area contributed by atoms with Gasteiger partial charge in [-0.1, -0.05) is 53.7 Å². The van der Waals surface area contributed by atoms with Gasteiger partial charge in [0.05, 0.1) is 33.4 Å². The number of halogens is 1. The molecule has 2 aromatic heterocycles. The van der Waals surface area contributed by atoms with Crippen LogP contribution >= 0.6 is 23.4 Å². The number of nitrogens with zero attached hydrogens (tertiary/aromatic N) is 4. The molecular formula is C24H21ClN4O2S. The Kier molecular flexibility index (Phi) is 5.85. The Morgan fingerprint density at radius 1 is 1.16 bits per heavy atom. The van der Waals surface area contributed by atoms with Crippen LogP contribution in [0.4, 0.5) is 0 Å². The van der Waals surface area contributed by atoms with Crippen LogP contribution in [-0.4, -0.2) is 37.8 Å². The molecule has 0 radical (unpaired) electrons. The maximum Gasteiger partial charge on any atom is 0.249 e. The van der Waals surface area contributed by atoms with Gasteiger partial charge in [-0.25, -0.2) is 4.98 Å². The van der Waals surface area contributed by atoms with Crippen molar-refractivity contribution >= 4 is 40.2 Å². The molecule has 1 aliphatic carbocycles. The molecule has 8 heteroatoms. The van der Waals surface area contributed by atoms with E-state index in [0.717, 1.165) is 34.3 Å². The Hall–Kier alpha value is -2.90. The highest BCUT2D eigenvalue weighted by Gasteiger charge is 2.33. The first-order chi connectivity index (χ1) is 15.6. The van der Waals surface area contributed by atoms with E-state index >= 15 is 0 Å². The fourth-order valence-corrected chi connectivity index (χ4v) is 4.70. The van der Waals surface area contributed by atoms with E-state index in [4.69, 9.17) is 21.0 Å². The molecule has 32 heavy (non-hydrogen) atoms. The first-order valence-corrected chi connectivity index (χ1v) is 11.8. The number of para-hydroxylation sites is 1. The molecule has 0 atom stereocenters. The summed E-state index contributed by atoms with van der Waals surface area (Å²) >= 11 is 7.69. The van der Waals surface area contributed by atoms with Gasteiger partial charge in [0, 0.05) is 11.4 Å². The molecule has 0 bridgehead atoms. The number of aryl methyl sites for hydroxylation is 1. The topological polar surface area (TPSA) is 72.1 Å². The first kappa shape index (κ1) is 21.0. The lowest BCUT2D eigenvalue weighted by Crippen LogP contribution is -2.34. The lowest BCUT2D eigenvalue weighted by atomic mass is 10.1. The van der Waals surface area contributed by atoms with Gasteiger partial charge in [-0.15, -0.1) is 10.2 Å². The summed E-state index contributed by atoms with van der Waals surface area (Å²) in [6, 6.07) is 17.6. The van der Waals surface area contributed by atoms with Crippen LogP contribution in [-0.2, 0) is 11.3 Å². The quantitative estimate of drug-likeness (QED) is 0.335. The third-order valence-electron chi connectivity index (χ3n) is 5.43. The monoisotopic (exact) mass is 464 g/mol. The fourth-order valence-electron chi connectivity index (χ4n) is 3.62. The maximum absolute atomic E-state index is 13.0. The van der Waals surface area contributed by atoms with Gasteiger partial charge in [-0.05, 0) is 49.6 Å². The number of fused-ring (bicyclic) bond motifs is 1. The summed E-state index contributed by atoms with van der Waals surface area (Å²) in [6.07, 6.45) is 1.99. The van der Waals surface area contributed by atoms with Gasteiger partial charge >= 0.3 is 0 Å². The molecule has 1 aliphatic rings. The van der Waals surface area contributed by atoms with Crippen LogP contribution in [0.1, 0.15) is 24.3 Å². The number of benzene rings is 2. The van der Waals surface area contributed by atoms with Crippen LogP contribution in [0.5, 0.6) is 0 Å². The zero-order valence-corrected chi connectivity index (χ0v) is 19.1. The van der Waals surface area contributed by atoms with Crippen molar-refractivity contribution in [3.8, 4) is 11.5 Å². The largest absolute Gasteiger partial charge is 0.419 e. The molecule has 5 rings (SSSR count). The van der Waals surface area contributed by atoms with E-state index in [-0.39, 0.29) is 11.9 Å². The minimum Gasteiger partial charge on any atom is -0.419 e. The third-order valence-corrected chi connectivity index (χ3v) is 6.65. The molecule has 0 aliphatic heterocycles. The van der Waals surface area contributed by atoms with Gasteiger partial charge < -0.3 is 9.32 Å². The fraction of sp³-hybridized carbons (Fsp3) is 0.250. The van der Waals surface area contributed by atoms with E-state index in [1.54, 1.807) is 6.07 Å². The highest BCUT2D eigenvalue weighted by atomic mass is 35.5. The summed E-state index contributed by atoms with van der Waals surface area (Å²) in [7, 11) is 0. The van der Waals surface area contributed by atoms with Gasteiger partial charge in [-0.3, -0.25) is 4.79 Å². The number of hydrogen-bond donors (Lipinski definition) is 0. The predicted molar refractivity (Wildman–Crippen MR) is 126 cm³/mol. The number of aromatic nitrogens is 3. The minimum absolute atomic E-state index is 0.0441. The number of thioether (sulfide) groups is 1. The lowest BCUT2D eigenvalue weighted by molar-refractivity contribution is -0.129. The third kappa shape index (κ3) is 4.49. The van der Waals surface area contributed by atoms with Crippen molar-refractivity contribution in [2.75, 3.05) is 5.75 Å².